The summed E-state index contributed by atoms with van der Waals surface area (Å²) in [6.07, 6.45) is 1.45. The quantitative estimate of drug-likeness (QED) is 0.428. The van der Waals surface area contributed by atoms with Crippen molar-refractivity contribution in [1.29, 1.82) is 0 Å². The summed E-state index contributed by atoms with van der Waals surface area (Å²) in [5, 5.41) is 4.87. The Morgan fingerprint density at radius 1 is 1.06 bits per heavy atom. The Balaban J connectivity index is 1.62. The van der Waals surface area contributed by atoms with Crippen LogP contribution in [0.4, 0.5) is 5.69 Å². The van der Waals surface area contributed by atoms with Gasteiger partial charge in [-0.15, -0.1) is 5.10 Å². The topological polar surface area (TPSA) is 99.3 Å². The molecule has 0 unspecified atom stereocenters. The van der Waals surface area contributed by atoms with Gasteiger partial charge in [-0.25, -0.2) is 13.1 Å². The minimum atomic E-state index is -3.74. The number of furan rings is 1. The molecule has 4 rings (SSSR count). The molecule has 0 radical (unpaired) electrons. The summed E-state index contributed by atoms with van der Waals surface area (Å²) in [7, 11) is -3.74. The average Bonchev–Trinajstić information content (AvgIpc) is 3.38. The first kappa shape index (κ1) is 21.0. The second-order valence-electron chi connectivity index (χ2n) is 6.88. The van der Waals surface area contributed by atoms with Gasteiger partial charge in [-0.3, -0.25) is 4.72 Å². The Morgan fingerprint density at radius 3 is 2.39 bits per heavy atom. The largest absolute Gasteiger partial charge is 0.461 e. The Hall–Kier alpha value is -3.30. The number of aromatic nitrogens is 3. The summed E-state index contributed by atoms with van der Waals surface area (Å²) in [6, 6.07) is 16.4. The van der Waals surface area contributed by atoms with E-state index in [4.69, 9.17) is 20.8 Å². The van der Waals surface area contributed by atoms with Gasteiger partial charge in [0.1, 0.15) is 0 Å². The minimum absolute atomic E-state index is 0.0926. The van der Waals surface area contributed by atoms with Crippen molar-refractivity contribution < 1.29 is 17.6 Å². The molecule has 31 heavy (non-hydrogen) atoms. The molecule has 8 nitrogen and oxygen atoms in total. The number of benzene rings is 2. The molecule has 0 saturated carbocycles. The van der Waals surface area contributed by atoms with Crippen molar-refractivity contribution >= 4 is 27.3 Å². The van der Waals surface area contributed by atoms with E-state index in [-0.39, 0.29) is 17.0 Å². The molecule has 0 aliphatic carbocycles. The van der Waals surface area contributed by atoms with Crippen LogP contribution in [0.15, 0.2) is 76.2 Å². The van der Waals surface area contributed by atoms with Crippen molar-refractivity contribution in [3.63, 3.8) is 0 Å². The Kier molecular flexibility index (Phi) is 5.71. The standard InChI is InChI=1S/C21H19ClN4O4S/c1-14(2)30-21-23-20(19-4-3-13-29-19)26(24-21)17-9-7-16(8-10-17)25-31(27,28)18-11-5-15(22)6-12-18/h3-14,25H,1-2H3. The maximum atomic E-state index is 12.6. The fourth-order valence-corrected chi connectivity index (χ4v) is 3.98. The predicted molar refractivity (Wildman–Crippen MR) is 117 cm³/mol. The fourth-order valence-electron chi connectivity index (χ4n) is 2.80. The Labute approximate surface area is 184 Å². The zero-order chi connectivity index (χ0) is 22.0. The molecule has 160 valence electrons. The van der Waals surface area contributed by atoms with Crippen LogP contribution in [-0.4, -0.2) is 29.3 Å². The first-order valence-electron chi connectivity index (χ1n) is 9.38. The normalized spacial score (nSPS) is 11.6. The first-order chi connectivity index (χ1) is 14.8. The lowest BCUT2D eigenvalue weighted by molar-refractivity contribution is 0.222. The van der Waals surface area contributed by atoms with Gasteiger partial charge in [0.05, 0.1) is 22.9 Å². The van der Waals surface area contributed by atoms with Gasteiger partial charge in [-0.05, 0) is 74.5 Å². The molecule has 2 aromatic carbocycles. The van der Waals surface area contributed by atoms with E-state index in [1.165, 1.54) is 24.3 Å². The van der Waals surface area contributed by atoms with Crippen LogP contribution in [0.2, 0.25) is 5.02 Å². The lowest BCUT2D eigenvalue weighted by atomic mass is 10.3. The lowest BCUT2D eigenvalue weighted by Gasteiger charge is -2.09. The summed E-state index contributed by atoms with van der Waals surface area (Å²) in [6.45, 7) is 3.77. The van der Waals surface area contributed by atoms with Crippen molar-refractivity contribution in [1.82, 2.24) is 14.8 Å². The second-order valence-corrected chi connectivity index (χ2v) is 9.00. The van der Waals surface area contributed by atoms with E-state index in [0.717, 1.165) is 0 Å². The zero-order valence-electron chi connectivity index (χ0n) is 16.7. The Morgan fingerprint density at radius 2 is 1.77 bits per heavy atom. The first-order valence-corrected chi connectivity index (χ1v) is 11.2. The highest BCUT2D eigenvalue weighted by Gasteiger charge is 2.18. The van der Waals surface area contributed by atoms with Crippen LogP contribution in [0.3, 0.4) is 0 Å². The highest BCUT2D eigenvalue weighted by atomic mass is 35.5. The van der Waals surface area contributed by atoms with Crippen LogP contribution in [0.25, 0.3) is 17.3 Å². The van der Waals surface area contributed by atoms with Crippen LogP contribution in [0.1, 0.15) is 13.8 Å². The number of rotatable bonds is 7. The number of halogens is 1. The van der Waals surface area contributed by atoms with E-state index in [1.54, 1.807) is 47.3 Å². The molecule has 0 amide bonds. The molecular weight excluding hydrogens is 440 g/mol. The van der Waals surface area contributed by atoms with Gasteiger partial charge in [-0.1, -0.05) is 11.6 Å². The molecule has 0 atom stereocenters. The third-order valence-electron chi connectivity index (χ3n) is 4.16. The van der Waals surface area contributed by atoms with Crippen LogP contribution in [-0.2, 0) is 10.0 Å². The molecule has 0 fully saturated rings. The van der Waals surface area contributed by atoms with Crippen molar-refractivity contribution in [2.75, 3.05) is 4.72 Å². The van der Waals surface area contributed by atoms with Gasteiger partial charge in [0, 0.05) is 10.7 Å². The van der Waals surface area contributed by atoms with Crippen molar-refractivity contribution in [3.05, 3.63) is 71.9 Å². The van der Waals surface area contributed by atoms with Crippen LogP contribution in [0, 0.1) is 0 Å². The van der Waals surface area contributed by atoms with Gasteiger partial charge in [0.15, 0.2) is 5.76 Å². The summed E-state index contributed by atoms with van der Waals surface area (Å²) in [5.74, 6) is 0.994. The molecule has 10 heteroatoms. The molecule has 4 aromatic rings. The van der Waals surface area contributed by atoms with Crippen molar-refractivity contribution in [3.8, 4) is 23.3 Å². The monoisotopic (exact) mass is 458 g/mol. The minimum Gasteiger partial charge on any atom is -0.461 e. The number of ether oxygens (including phenoxy) is 1. The number of nitrogens with zero attached hydrogens (tertiary/aromatic N) is 3. The maximum Gasteiger partial charge on any atom is 0.336 e. The van der Waals surface area contributed by atoms with E-state index >= 15 is 0 Å². The maximum absolute atomic E-state index is 12.6. The van der Waals surface area contributed by atoms with Crippen LogP contribution < -0.4 is 9.46 Å². The molecule has 2 heterocycles. The molecule has 0 aliphatic rings. The summed E-state index contributed by atoms with van der Waals surface area (Å²) in [4.78, 5) is 4.53. The SMILES string of the molecule is CC(C)Oc1nc(-c2ccco2)n(-c2ccc(NS(=O)(=O)c3ccc(Cl)cc3)cc2)n1. The third kappa shape index (κ3) is 4.73. The van der Waals surface area contributed by atoms with Crippen molar-refractivity contribution in [2.45, 2.75) is 24.8 Å². The second kappa shape index (κ2) is 8.44. The molecule has 0 aliphatic heterocycles. The number of sulfonamides is 1. The van der Waals surface area contributed by atoms with Crippen molar-refractivity contribution in [2.24, 2.45) is 0 Å². The zero-order valence-corrected chi connectivity index (χ0v) is 18.3. The summed E-state index contributed by atoms with van der Waals surface area (Å²) >= 11 is 5.83. The van der Waals surface area contributed by atoms with E-state index in [1.807, 2.05) is 13.8 Å². The highest BCUT2D eigenvalue weighted by molar-refractivity contribution is 7.92. The summed E-state index contributed by atoms with van der Waals surface area (Å²) < 4.78 is 40.4. The molecule has 0 spiro atoms. The number of hydrogen-bond donors (Lipinski definition) is 1. The van der Waals surface area contributed by atoms with E-state index < -0.39 is 10.0 Å². The molecule has 0 bridgehead atoms. The molecule has 2 aromatic heterocycles. The summed E-state index contributed by atoms with van der Waals surface area (Å²) in [5.41, 5.74) is 1.06. The average molecular weight is 459 g/mol. The van der Waals surface area contributed by atoms with E-state index in [0.29, 0.717) is 28.0 Å². The molecule has 0 saturated heterocycles. The number of anilines is 1. The van der Waals surface area contributed by atoms with Crippen LogP contribution >= 0.6 is 11.6 Å². The highest BCUT2D eigenvalue weighted by Crippen LogP contribution is 2.26. The third-order valence-corrected chi connectivity index (χ3v) is 5.81. The smallest absolute Gasteiger partial charge is 0.336 e. The molecular formula is C21H19ClN4O4S. The van der Waals surface area contributed by atoms with Gasteiger partial charge >= 0.3 is 6.01 Å². The van der Waals surface area contributed by atoms with Gasteiger partial charge in [0.2, 0.25) is 5.82 Å². The fraction of sp³-hybridized carbons (Fsp3) is 0.143. The number of nitrogens with one attached hydrogen (secondary N) is 1. The lowest BCUT2D eigenvalue weighted by Crippen LogP contribution is -2.12. The van der Waals surface area contributed by atoms with E-state index in [2.05, 4.69) is 14.8 Å². The van der Waals surface area contributed by atoms with Gasteiger partial charge in [-0.2, -0.15) is 4.98 Å². The number of hydrogen-bond acceptors (Lipinski definition) is 6. The molecule has 1 N–H and O–H groups in total. The van der Waals surface area contributed by atoms with E-state index in [9.17, 15) is 8.42 Å². The van der Waals surface area contributed by atoms with Gasteiger partial charge < -0.3 is 9.15 Å². The van der Waals surface area contributed by atoms with Crippen LogP contribution in [0.5, 0.6) is 6.01 Å². The Bertz CT molecular complexity index is 1270. The van der Waals surface area contributed by atoms with Gasteiger partial charge in [0.25, 0.3) is 10.0 Å². The predicted octanol–water partition coefficient (Wildman–Crippen LogP) is 4.77.